The molecule has 0 aromatic heterocycles. The van der Waals surface area contributed by atoms with E-state index in [1.165, 1.54) is 0 Å². The van der Waals surface area contributed by atoms with E-state index in [0.717, 1.165) is 31.2 Å². The van der Waals surface area contributed by atoms with Crippen molar-refractivity contribution in [3.63, 3.8) is 0 Å². The largest absolute Gasteiger partial charge is 0.480 e. The van der Waals surface area contributed by atoms with Crippen molar-refractivity contribution in [1.82, 2.24) is 10.6 Å². The van der Waals surface area contributed by atoms with Crippen molar-refractivity contribution in [1.29, 1.82) is 0 Å². The van der Waals surface area contributed by atoms with Crippen LogP contribution in [0.2, 0.25) is 0 Å². The summed E-state index contributed by atoms with van der Waals surface area (Å²) in [5.74, 6) is -2.05. The summed E-state index contributed by atoms with van der Waals surface area (Å²) >= 11 is 0. The molecule has 36 heavy (non-hydrogen) atoms. The number of hydrogen-bond acceptors (Lipinski definition) is 4. The lowest BCUT2D eigenvalue weighted by Crippen LogP contribution is -2.62. The molecule has 1 aromatic carbocycles. The number of piperidine rings is 2. The van der Waals surface area contributed by atoms with Crippen molar-refractivity contribution in [3.8, 4) is 0 Å². The first-order chi connectivity index (χ1) is 16.4. The molecule has 2 aliphatic heterocycles. The van der Waals surface area contributed by atoms with Gasteiger partial charge in [-0.2, -0.15) is 0 Å². The van der Waals surface area contributed by atoms with Gasteiger partial charge in [-0.15, -0.1) is 0 Å². The van der Waals surface area contributed by atoms with Gasteiger partial charge in [-0.3, -0.25) is 9.59 Å². The molecule has 6 heteroatoms. The molecule has 1 aromatic rings. The van der Waals surface area contributed by atoms with Crippen LogP contribution in [-0.2, 0) is 16.0 Å². The second-order valence-corrected chi connectivity index (χ2v) is 14.3. The molecular formula is C30H48N2O4. The highest BCUT2D eigenvalue weighted by molar-refractivity contribution is 5.98. The van der Waals surface area contributed by atoms with Gasteiger partial charge >= 0.3 is 11.9 Å². The van der Waals surface area contributed by atoms with Crippen LogP contribution in [0.25, 0.3) is 0 Å². The Bertz CT molecular complexity index is 867. The van der Waals surface area contributed by atoms with Gasteiger partial charge in [-0.1, -0.05) is 30.3 Å². The highest BCUT2D eigenvalue weighted by Gasteiger charge is 2.54. The summed E-state index contributed by atoms with van der Waals surface area (Å²) in [7, 11) is 0. The first kappa shape index (κ1) is 28.6. The van der Waals surface area contributed by atoms with E-state index < -0.39 is 17.4 Å². The molecule has 2 fully saturated rings. The molecule has 202 valence electrons. The number of nitrogens with one attached hydrogen (secondary N) is 2. The molecule has 6 nitrogen and oxygen atoms in total. The lowest BCUT2D eigenvalue weighted by Gasteiger charge is -2.54. The zero-order valence-corrected chi connectivity index (χ0v) is 23.6. The van der Waals surface area contributed by atoms with E-state index in [1.54, 1.807) is 0 Å². The Labute approximate surface area is 217 Å². The number of hydrogen-bond donors (Lipinski definition) is 4. The summed E-state index contributed by atoms with van der Waals surface area (Å²) in [6, 6.07) is 9.23. The molecule has 3 rings (SSSR count). The van der Waals surface area contributed by atoms with Gasteiger partial charge in [-0.05, 0) is 117 Å². The third-order valence-electron chi connectivity index (χ3n) is 8.41. The van der Waals surface area contributed by atoms with Crippen LogP contribution >= 0.6 is 0 Å². The van der Waals surface area contributed by atoms with Gasteiger partial charge in [0.05, 0.1) is 0 Å². The summed E-state index contributed by atoms with van der Waals surface area (Å²) < 4.78 is 0. The molecule has 0 radical (unpaired) electrons. The van der Waals surface area contributed by atoms with E-state index in [0.29, 0.717) is 0 Å². The highest BCUT2D eigenvalue weighted by atomic mass is 16.4. The van der Waals surface area contributed by atoms with Gasteiger partial charge in [0.1, 0.15) is 0 Å². The number of carbonyl (C=O) groups is 2. The van der Waals surface area contributed by atoms with Crippen LogP contribution in [0.1, 0.15) is 93.1 Å². The average molecular weight is 501 g/mol. The number of carboxylic acids is 2. The van der Waals surface area contributed by atoms with Crippen LogP contribution in [-0.4, -0.2) is 44.3 Å². The predicted molar refractivity (Wildman–Crippen MR) is 144 cm³/mol. The molecule has 0 spiro atoms. The quantitative estimate of drug-likeness (QED) is 0.352. The van der Waals surface area contributed by atoms with Crippen molar-refractivity contribution in [2.75, 3.05) is 0 Å². The number of benzene rings is 1. The van der Waals surface area contributed by atoms with E-state index >= 15 is 0 Å². The SMILES string of the molecule is CC1(C)CC(C(CC(Cc2ccccc2)(C(=O)O)C(=O)O)C2CC(C)(C)NC(C)(C)C2)CC(C)(C)N1. The van der Waals surface area contributed by atoms with Crippen LogP contribution in [0.3, 0.4) is 0 Å². The van der Waals surface area contributed by atoms with Crippen LogP contribution in [0.15, 0.2) is 30.3 Å². The maximum atomic E-state index is 12.9. The standard InChI is InChI=1S/C30H48N2O4/c1-26(2)15-21(16-27(3,4)31-26)23(22-17-28(5,6)32-29(7,8)18-22)19-30(24(33)34,25(35)36)14-20-12-10-9-11-13-20/h9-13,21-23,31-32H,14-19H2,1-8H3,(H,33,34)(H,35,36). The maximum Gasteiger partial charge on any atom is 0.321 e. The fourth-order valence-corrected chi connectivity index (χ4v) is 7.96. The monoisotopic (exact) mass is 500 g/mol. The smallest absolute Gasteiger partial charge is 0.321 e. The van der Waals surface area contributed by atoms with Gasteiger partial charge < -0.3 is 20.8 Å². The maximum absolute atomic E-state index is 12.9. The highest BCUT2D eigenvalue weighted by Crippen LogP contribution is 2.50. The molecule has 4 N–H and O–H groups in total. The molecule has 2 aliphatic rings. The van der Waals surface area contributed by atoms with Gasteiger partial charge in [0.15, 0.2) is 5.41 Å². The van der Waals surface area contributed by atoms with Gasteiger partial charge in [0.25, 0.3) is 0 Å². The summed E-state index contributed by atoms with van der Waals surface area (Å²) in [6.07, 6.45) is 3.71. The summed E-state index contributed by atoms with van der Waals surface area (Å²) in [5, 5.41) is 28.5. The summed E-state index contributed by atoms with van der Waals surface area (Å²) in [6.45, 7) is 17.7. The van der Waals surface area contributed by atoms with Crippen molar-refractivity contribution in [2.24, 2.45) is 23.2 Å². The minimum Gasteiger partial charge on any atom is -0.480 e. The Morgan fingerprint density at radius 2 is 1.14 bits per heavy atom. The summed E-state index contributed by atoms with van der Waals surface area (Å²) in [5.41, 5.74) is -1.58. The number of rotatable bonds is 8. The second-order valence-electron chi connectivity index (χ2n) is 14.3. The minimum absolute atomic E-state index is 0.00941. The fraction of sp³-hybridized carbons (Fsp3) is 0.733. The molecule has 2 heterocycles. The van der Waals surface area contributed by atoms with Crippen LogP contribution < -0.4 is 10.6 Å². The molecule has 0 bridgehead atoms. The van der Waals surface area contributed by atoms with Crippen molar-refractivity contribution >= 4 is 11.9 Å². The minimum atomic E-state index is -1.87. The topological polar surface area (TPSA) is 98.7 Å². The third kappa shape index (κ3) is 6.69. The average Bonchev–Trinajstić information content (AvgIpc) is 2.66. The Morgan fingerprint density at radius 1 is 0.778 bits per heavy atom. The van der Waals surface area contributed by atoms with E-state index in [9.17, 15) is 19.8 Å². The van der Waals surface area contributed by atoms with Gasteiger partial charge in [-0.25, -0.2) is 0 Å². The Kier molecular flexibility index (Phi) is 7.76. The molecule has 2 saturated heterocycles. The molecule has 0 amide bonds. The number of carboxylic acid groups (broad SMARTS) is 2. The van der Waals surface area contributed by atoms with E-state index in [4.69, 9.17) is 0 Å². The molecule has 0 unspecified atom stereocenters. The van der Waals surface area contributed by atoms with Gasteiger partial charge in [0.2, 0.25) is 0 Å². The summed E-state index contributed by atoms with van der Waals surface area (Å²) in [4.78, 5) is 25.7. The molecule has 0 saturated carbocycles. The number of aliphatic carboxylic acids is 2. The van der Waals surface area contributed by atoms with E-state index in [-0.39, 0.29) is 52.8 Å². The predicted octanol–water partition coefficient (Wildman–Crippen LogP) is 5.50. The van der Waals surface area contributed by atoms with E-state index in [2.05, 4.69) is 66.0 Å². The van der Waals surface area contributed by atoms with Crippen LogP contribution in [0.5, 0.6) is 0 Å². The van der Waals surface area contributed by atoms with Crippen molar-refractivity contribution in [3.05, 3.63) is 35.9 Å². The van der Waals surface area contributed by atoms with E-state index in [1.807, 2.05) is 30.3 Å². The van der Waals surface area contributed by atoms with Gasteiger partial charge in [0, 0.05) is 22.2 Å². The first-order valence-electron chi connectivity index (χ1n) is 13.4. The van der Waals surface area contributed by atoms with Crippen molar-refractivity contribution < 1.29 is 19.8 Å². The van der Waals surface area contributed by atoms with Crippen LogP contribution in [0, 0.1) is 23.2 Å². The Morgan fingerprint density at radius 3 is 1.47 bits per heavy atom. The fourth-order valence-electron chi connectivity index (χ4n) is 7.96. The normalized spacial score (nSPS) is 23.9. The lowest BCUT2D eigenvalue weighted by molar-refractivity contribution is -0.167. The Hall–Kier alpha value is -1.92. The van der Waals surface area contributed by atoms with Crippen molar-refractivity contribution in [2.45, 2.75) is 116 Å². The second kappa shape index (κ2) is 9.75. The Balaban J connectivity index is 2.10. The first-order valence-corrected chi connectivity index (χ1v) is 13.4. The third-order valence-corrected chi connectivity index (χ3v) is 8.41. The lowest BCUT2D eigenvalue weighted by atomic mass is 9.58. The van der Waals surface area contributed by atoms with Crippen LogP contribution in [0.4, 0.5) is 0 Å². The molecule has 0 aliphatic carbocycles. The molecular weight excluding hydrogens is 452 g/mol. The zero-order valence-electron chi connectivity index (χ0n) is 23.6. The molecule has 0 atom stereocenters. The zero-order chi connectivity index (χ0) is 27.2.